The predicted molar refractivity (Wildman–Crippen MR) is 139 cm³/mol. The Hall–Kier alpha value is -5.06. The SMILES string of the molecule is COc1ccc(C(=O)C2C3C(=O)N(c4cc([N+](=O)[O-])ccc4OC)C(=O)C3C3c4ccccc4C=NN23)cc1. The van der Waals surface area contributed by atoms with Crippen LogP contribution in [0.2, 0.25) is 0 Å². The van der Waals surface area contributed by atoms with Crippen LogP contribution in [0.1, 0.15) is 27.5 Å². The minimum atomic E-state index is -1.08. The van der Waals surface area contributed by atoms with E-state index >= 15 is 0 Å². The molecule has 3 heterocycles. The molecule has 0 spiro atoms. The summed E-state index contributed by atoms with van der Waals surface area (Å²) in [6, 6.07) is 15.8. The number of anilines is 1. The normalized spacial score (nSPS) is 22.8. The molecule has 2 saturated heterocycles. The highest BCUT2D eigenvalue weighted by Crippen LogP contribution is 2.54. The zero-order valence-corrected chi connectivity index (χ0v) is 20.9. The van der Waals surface area contributed by atoms with Crippen LogP contribution in [0.15, 0.2) is 71.8 Å². The van der Waals surface area contributed by atoms with Gasteiger partial charge in [-0.3, -0.25) is 29.5 Å². The molecule has 11 nitrogen and oxygen atoms in total. The van der Waals surface area contributed by atoms with E-state index in [0.29, 0.717) is 11.3 Å². The summed E-state index contributed by atoms with van der Waals surface area (Å²) in [5.74, 6) is -2.93. The van der Waals surface area contributed by atoms with E-state index in [2.05, 4.69) is 5.10 Å². The molecule has 4 atom stereocenters. The van der Waals surface area contributed by atoms with Crippen LogP contribution in [0, 0.1) is 22.0 Å². The molecule has 11 heteroatoms. The van der Waals surface area contributed by atoms with E-state index in [-0.39, 0.29) is 22.9 Å². The molecular weight excluding hydrogens is 504 g/mol. The van der Waals surface area contributed by atoms with Gasteiger partial charge in [0.1, 0.15) is 23.2 Å². The summed E-state index contributed by atoms with van der Waals surface area (Å²) < 4.78 is 10.6. The number of methoxy groups -OCH3 is 2. The second-order valence-electron chi connectivity index (χ2n) is 9.41. The molecule has 2 fully saturated rings. The van der Waals surface area contributed by atoms with E-state index in [9.17, 15) is 24.5 Å². The molecule has 0 aromatic heterocycles. The number of Topliss-reactive ketones (excluding diaryl/α,β-unsaturated/α-hetero) is 1. The first-order valence-corrected chi connectivity index (χ1v) is 12.2. The van der Waals surface area contributed by atoms with E-state index in [0.717, 1.165) is 22.1 Å². The fraction of sp³-hybridized carbons (Fsp3) is 0.214. The third-order valence-corrected chi connectivity index (χ3v) is 7.55. The van der Waals surface area contributed by atoms with Crippen LogP contribution in [0.25, 0.3) is 0 Å². The number of imide groups is 1. The molecule has 0 aliphatic carbocycles. The fourth-order valence-corrected chi connectivity index (χ4v) is 5.80. The monoisotopic (exact) mass is 526 g/mol. The second kappa shape index (κ2) is 9.05. The Morgan fingerprint density at radius 2 is 1.67 bits per heavy atom. The zero-order chi connectivity index (χ0) is 27.4. The molecule has 0 radical (unpaired) electrons. The third-order valence-electron chi connectivity index (χ3n) is 7.55. The lowest BCUT2D eigenvalue weighted by molar-refractivity contribution is -0.384. The van der Waals surface area contributed by atoms with Crippen molar-refractivity contribution < 1.29 is 28.8 Å². The summed E-state index contributed by atoms with van der Waals surface area (Å²) in [6.45, 7) is 0. The molecule has 4 unspecified atom stereocenters. The molecule has 3 aromatic rings. The average Bonchev–Trinajstić information content (AvgIpc) is 3.44. The van der Waals surface area contributed by atoms with Gasteiger partial charge >= 0.3 is 0 Å². The fourth-order valence-electron chi connectivity index (χ4n) is 5.80. The van der Waals surface area contributed by atoms with Gasteiger partial charge in [-0.15, -0.1) is 0 Å². The van der Waals surface area contributed by atoms with Gasteiger partial charge in [0.2, 0.25) is 11.8 Å². The van der Waals surface area contributed by atoms with Crippen LogP contribution < -0.4 is 14.4 Å². The Labute approximate surface area is 222 Å². The number of carbonyl (C=O) groups excluding carboxylic acids is 3. The lowest BCUT2D eigenvalue weighted by Gasteiger charge is -2.33. The van der Waals surface area contributed by atoms with Crippen molar-refractivity contribution in [1.29, 1.82) is 0 Å². The van der Waals surface area contributed by atoms with Gasteiger partial charge in [-0.05, 0) is 41.5 Å². The van der Waals surface area contributed by atoms with Crippen LogP contribution >= 0.6 is 0 Å². The lowest BCUT2D eigenvalue weighted by Crippen LogP contribution is -2.44. The van der Waals surface area contributed by atoms with Gasteiger partial charge in [0.15, 0.2) is 5.78 Å². The molecule has 2 amide bonds. The van der Waals surface area contributed by atoms with Crippen molar-refractivity contribution in [3.05, 3.63) is 93.5 Å². The summed E-state index contributed by atoms with van der Waals surface area (Å²) in [5, 5.41) is 17.6. The van der Waals surface area contributed by atoms with Gasteiger partial charge in [0.05, 0.1) is 43.2 Å². The number of nitro benzene ring substituents is 1. The predicted octanol–water partition coefficient (Wildman–Crippen LogP) is 3.37. The minimum Gasteiger partial charge on any atom is -0.497 e. The quantitative estimate of drug-likeness (QED) is 0.207. The van der Waals surface area contributed by atoms with Gasteiger partial charge in [0, 0.05) is 17.7 Å². The number of hydrogen-bond acceptors (Lipinski definition) is 9. The number of rotatable bonds is 6. The second-order valence-corrected chi connectivity index (χ2v) is 9.41. The Kier molecular flexibility index (Phi) is 5.63. The molecule has 0 saturated carbocycles. The van der Waals surface area contributed by atoms with Crippen molar-refractivity contribution in [3.63, 3.8) is 0 Å². The maximum absolute atomic E-state index is 14.1. The lowest BCUT2D eigenvalue weighted by atomic mass is 9.83. The highest BCUT2D eigenvalue weighted by molar-refractivity contribution is 6.25. The van der Waals surface area contributed by atoms with Crippen molar-refractivity contribution in [2.45, 2.75) is 12.1 Å². The molecule has 3 aromatic carbocycles. The van der Waals surface area contributed by atoms with Crippen LogP contribution in [0.3, 0.4) is 0 Å². The van der Waals surface area contributed by atoms with Gasteiger partial charge < -0.3 is 9.47 Å². The summed E-state index contributed by atoms with van der Waals surface area (Å²) >= 11 is 0. The first kappa shape index (κ1) is 24.3. The molecule has 3 aliphatic rings. The Morgan fingerprint density at radius 1 is 0.949 bits per heavy atom. The van der Waals surface area contributed by atoms with Crippen LogP contribution in [0.5, 0.6) is 11.5 Å². The number of ether oxygens (including phenoxy) is 2. The summed E-state index contributed by atoms with van der Waals surface area (Å²) in [5.41, 5.74) is 1.54. The summed E-state index contributed by atoms with van der Waals surface area (Å²) in [7, 11) is 2.86. The topological polar surface area (TPSA) is 132 Å². The van der Waals surface area contributed by atoms with Gasteiger partial charge in [-0.1, -0.05) is 24.3 Å². The number of ketones is 1. The van der Waals surface area contributed by atoms with E-state index in [1.165, 1.54) is 26.4 Å². The highest BCUT2D eigenvalue weighted by Gasteiger charge is 2.65. The van der Waals surface area contributed by atoms with Crippen LogP contribution in [0.4, 0.5) is 11.4 Å². The van der Waals surface area contributed by atoms with Crippen molar-refractivity contribution in [1.82, 2.24) is 5.01 Å². The third kappa shape index (κ3) is 3.57. The minimum absolute atomic E-state index is 0.0362. The van der Waals surface area contributed by atoms with Gasteiger partial charge in [-0.25, -0.2) is 4.90 Å². The number of carbonyl (C=O) groups is 3. The Morgan fingerprint density at radius 3 is 2.36 bits per heavy atom. The number of hydrazone groups is 1. The van der Waals surface area contributed by atoms with E-state index < -0.39 is 40.7 Å². The van der Waals surface area contributed by atoms with Crippen molar-refractivity contribution >= 4 is 35.2 Å². The number of nitrogens with zero attached hydrogens (tertiary/aromatic N) is 4. The molecule has 0 N–H and O–H groups in total. The first-order valence-electron chi connectivity index (χ1n) is 12.2. The summed E-state index contributed by atoms with van der Waals surface area (Å²) in [4.78, 5) is 53.9. The van der Waals surface area contributed by atoms with Crippen LogP contribution in [-0.2, 0) is 9.59 Å². The molecule has 39 heavy (non-hydrogen) atoms. The molecule has 0 bridgehead atoms. The van der Waals surface area contributed by atoms with E-state index in [1.807, 2.05) is 24.3 Å². The molecule has 6 rings (SSSR count). The standard InChI is InChI=1S/C28H22N4O7/c1-38-18-10-7-15(8-11-18)26(33)25-23-22(24-19-6-4-3-5-16(19)14-29-31(24)25)27(34)30(28(23)35)20-13-17(32(36)37)9-12-21(20)39-2/h3-14,22-25H,1-2H3. The zero-order valence-electron chi connectivity index (χ0n) is 20.9. The van der Waals surface area contributed by atoms with Gasteiger partial charge in [-0.2, -0.15) is 5.10 Å². The number of hydrogen-bond donors (Lipinski definition) is 0. The average molecular weight is 527 g/mol. The molecule has 196 valence electrons. The van der Waals surface area contributed by atoms with Crippen molar-refractivity contribution in [2.24, 2.45) is 16.9 Å². The van der Waals surface area contributed by atoms with Crippen molar-refractivity contribution in [3.8, 4) is 11.5 Å². The molecular formula is C28H22N4O7. The number of benzene rings is 3. The highest BCUT2D eigenvalue weighted by atomic mass is 16.6. The number of nitro groups is 1. The number of amides is 2. The van der Waals surface area contributed by atoms with Crippen LogP contribution in [-0.4, -0.2) is 54.0 Å². The number of non-ortho nitro benzene ring substituents is 1. The van der Waals surface area contributed by atoms with E-state index in [1.54, 1.807) is 35.5 Å². The Balaban J connectivity index is 1.50. The first-order chi connectivity index (χ1) is 18.8. The van der Waals surface area contributed by atoms with Crippen molar-refractivity contribution in [2.75, 3.05) is 19.1 Å². The van der Waals surface area contributed by atoms with Gasteiger partial charge in [0.25, 0.3) is 5.69 Å². The smallest absolute Gasteiger partial charge is 0.271 e. The maximum Gasteiger partial charge on any atom is 0.271 e. The van der Waals surface area contributed by atoms with E-state index in [4.69, 9.17) is 9.47 Å². The molecule has 3 aliphatic heterocycles. The summed E-state index contributed by atoms with van der Waals surface area (Å²) in [6.07, 6.45) is 1.62. The maximum atomic E-state index is 14.1. The number of fused-ring (bicyclic) bond motifs is 5. The Bertz CT molecular complexity index is 1570. The largest absolute Gasteiger partial charge is 0.497 e.